The first-order valence-corrected chi connectivity index (χ1v) is 13.0. The van der Waals surface area contributed by atoms with E-state index in [2.05, 4.69) is 33.2 Å². The summed E-state index contributed by atoms with van der Waals surface area (Å²) in [7, 11) is 0. The third-order valence-electron chi connectivity index (χ3n) is 5.50. The molecule has 0 aliphatic carbocycles. The number of nitrogen functional groups attached to an aromatic ring is 1. The number of hydrogen-bond acceptors (Lipinski definition) is 7. The van der Waals surface area contributed by atoms with Gasteiger partial charge in [-0.1, -0.05) is 24.8 Å². The Morgan fingerprint density at radius 1 is 0.706 bits per heavy atom. The fourth-order valence-electron chi connectivity index (χ4n) is 3.52. The number of unbranched alkanes of at least 4 members (excludes halogenated alkanes) is 1. The molecule has 0 radical (unpaired) electrons. The summed E-state index contributed by atoms with van der Waals surface area (Å²) in [5.74, 6) is -0.0118. The molecule has 0 aromatic heterocycles. The standard InChI is InChI=1S/C26H49N7O/c1-23(24-10-2-3-11-25(24)28)22-26(34)33-21-9-20-32-19-8-18-31-17-7-16-30-14-5-4-13-29-15-6-12-27/h2-3,10-11,29-32H,1,4-9,12-22,27-28H2,(H,33,34). The van der Waals surface area contributed by atoms with Gasteiger partial charge in [-0.3, -0.25) is 4.79 Å². The van der Waals surface area contributed by atoms with Crippen LogP contribution in [0.1, 0.15) is 50.5 Å². The van der Waals surface area contributed by atoms with Crippen LogP contribution < -0.4 is 38.1 Å². The molecule has 0 aliphatic heterocycles. The number of benzene rings is 1. The summed E-state index contributed by atoms with van der Waals surface area (Å²) in [4.78, 5) is 12.1. The monoisotopic (exact) mass is 475 g/mol. The Kier molecular flexibility index (Phi) is 19.1. The average molecular weight is 476 g/mol. The highest BCUT2D eigenvalue weighted by atomic mass is 16.1. The number of para-hydroxylation sites is 1. The normalized spacial score (nSPS) is 11.0. The van der Waals surface area contributed by atoms with Gasteiger partial charge < -0.3 is 38.1 Å². The molecule has 0 aliphatic rings. The number of anilines is 1. The lowest BCUT2D eigenvalue weighted by Crippen LogP contribution is -2.29. The Balaban J connectivity index is 1.80. The van der Waals surface area contributed by atoms with E-state index in [1.807, 2.05) is 24.3 Å². The van der Waals surface area contributed by atoms with Gasteiger partial charge in [0.05, 0.1) is 6.42 Å². The van der Waals surface area contributed by atoms with E-state index >= 15 is 0 Å². The van der Waals surface area contributed by atoms with Gasteiger partial charge in [0.25, 0.3) is 0 Å². The second-order valence-electron chi connectivity index (χ2n) is 8.63. The number of hydrogen-bond donors (Lipinski definition) is 7. The molecule has 0 spiro atoms. The summed E-state index contributed by atoms with van der Waals surface area (Å²) < 4.78 is 0. The van der Waals surface area contributed by atoms with E-state index in [0.717, 1.165) is 95.7 Å². The first-order valence-electron chi connectivity index (χ1n) is 13.0. The van der Waals surface area contributed by atoms with E-state index in [0.29, 0.717) is 12.2 Å². The zero-order valence-electron chi connectivity index (χ0n) is 21.1. The predicted molar refractivity (Wildman–Crippen MR) is 146 cm³/mol. The van der Waals surface area contributed by atoms with Crippen molar-refractivity contribution >= 4 is 17.2 Å². The molecule has 194 valence electrons. The molecule has 1 rings (SSSR count). The van der Waals surface area contributed by atoms with E-state index in [1.54, 1.807) is 0 Å². The zero-order valence-corrected chi connectivity index (χ0v) is 21.1. The van der Waals surface area contributed by atoms with Crippen molar-refractivity contribution in [2.45, 2.75) is 44.9 Å². The SMILES string of the molecule is C=C(CC(=O)NCCCNCCCNCCCNCCCCNCCCN)c1ccccc1N. The zero-order chi connectivity index (χ0) is 24.7. The molecular weight excluding hydrogens is 426 g/mol. The number of carbonyl (C=O) groups excluding carboxylic acids is 1. The Hall–Kier alpha value is -1.97. The van der Waals surface area contributed by atoms with Crippen LogP contribution >= 0.6 is 0 Å². The molecule has 0 heterocycles. The van der Waals surface area contributed by atoms with E-state index in [4.69, 9.17) is 11.5 Å². The van der Waals surface area contributed by atoms with Crippen molar-refractivity contribution < 1.29 is 4.79 Å². The van der Waals surface area contributed by atoms with Crippen LogP contribution in [-0.4, -0.2) is 71.4 Å². The lowest BCUT2D eigenvalue weighted by atomic mass is 10.0. The van der Waals surface area contributed by atoms with Gasteiger partial charge in [0, 0.05) is 17.8 Å². The highest BCUT2D eigenvalue weighted by Crippen LogP contribution is 2.21. The van der Waals surface area contributed by atoms with Gasteiger partial charge in [0.15, 0.2) is 0 Å². The second kappa shape index (κ2) is 21.6. The molecule has 1 aromatic rings. The van der Waals surface area contributed by atoms with Gasteiger partial charge in [-0.15, -0.1) is 0 Å². The lowest BCUT2D eigenvalue weighted by molar-refractivity contribution is -0.120. The molecule has 8 heteroatoms. The van der Waals surface area contributed by atoms with Gasteiger partial charge >= 0.3 is 0 Å². The van der Waals surface area contributed by atoms with Crippen LogP contribution in [-0.2, 0) is 4.79 Å². The first kappa shape index (κ1) is 30.1. The number of nitrogens with two attached hydrogens (primary N) is 2. The molecule has 8 nitrogen and oxygen atoms in total. The molecule has 1 amide bonds. The van der Waals surface area contributed by atoms with Crippen LogP contribution in [0, 0.1) is 0 Å². The van der Waals surface area contributed by atoms with Gasteiger partial charge in [0.2, 0.25) is 5.91 Å². The first-order chi connectivity index (χ1) is 16.6. The van der Waals surface area contributed by atoms with Crippen molar-refractivity contribution in [2.24, 2.45) is 5.73 Å². The van der Waals surface area contributed by atoms with E-state index in [-0.39, 0.29) is 12.3 Å². The van der Waals surface area contributed by atoms with Crippen LogP contribution in [0.3, 0.4) is 0 Å². The average Bonchev–Trinajstić information content (AvgIpc) is 2.83. The van der Waals surface area contributed by atoms with E-state index in [9.17, 15) is 4.79 Å². The summed E-state index contributed by atoms with van der Waals surface area (Å²) in [6.45, 7) is 13.7. The summed E-state index contributed by atoms with van der Waals surface area (Å²) in [5, 5.41) is 16.8. The maximum absolute atomic E-state index is 12.1. The highest BCUT2D eigenvalue weighted by Gasteiger charge is 2.08. The van der Waals surface area contributed by atoms with Crippen molar-refractivity contribution in [3.8, 4) is 0 Å². The third kappa shape index (κ3) is 16.6. The number of nitrogens with one attached hydrogen (secondary N) is 5. The van der Waals surface area contributed by atoms with Crippen LogP contribution in [0.2, 0.25) is 0 Å². The molecule has 0 atom stereocenters. The molecule has 1 aromatic carbocycles. The minimum Gasteiger partial charge on any atom is -0.398 e. The van der Waals surface area contributed by atoms with Crippen molar-refractivity contribution in [3.63, 3.8) is 0 Å². The van der Waals surface area contributed by atoms with Gasteiger partial charge in [-0.2, -0.15) is 0 Å². The molecular formula is C26H49N7O. The highest BCUT2D eigenvalue weighted by molar-refractivity contribution is 5.90. The van der Waals surface area contributed by atoms with Crippen molar-refractivity contribution in [3.05, 3.63) is 36.4 Å². The van der Waals surface area contributed by atoms with E-state index < -0.39 is 0 Å². The largest absolute Gasteiger partial charge is 0.398 e. The van der Waals surface area contributed by atoms with Crippen LogP contribution in [0.5, 0.6) is 0 Å². The van der Waals surface area contributed by atoms with Gasteiger partial charge in [0.1, 0.15) is 0 Å². The van der Waals surface area contributed by atoms with Gasteiger partial charge in [-0.25, -0.2) is 0 Å². The topological polar surface area (TPSA) is 129 Å². The number of rotatable bonds is 23. The number of amides is 1. The minimum atomic E-state index is -0.0118. The number of carbonyl (C=O) groups is 1. The molecule has 0 bridgehead atoms. The smallest absolute Gasteiger partial charge is 0.224 e. The third-order valence-corrected chi connectivity index (χ3v) is 5.50. The molecule has 0 unspecified atom stereocenters. The fraction of sp³-hybridized carbons (Fsp3) is 0.654. The Labute approximate surface area is 207 Å². The van der Waals surface area contributed by atoms with Crippen LogP contribution in [0.4, 0.5) is 5.69 Å². The van der Waals surface area contributed by atoms with Crippen molar-refractivity contribution in [2.75, 3.05) is 71.2 Å². The summed E-state index contributed by atoms with van der Waals surface area (Å²) in [6.07, 6.45) is 6.95. The minimum absolute atomic E-state index is 0.0118. The van der Waals surface area contributed by atoms with Crippen molar-refractivity contribution in [1.29, 1.82) is 0 Å². The maximum atomic E-state index is 12.1. The van der Waals surface area contributed by atoms with Crippen molar-refractivity contribution in [1.82, 2.24) is 26.6 Å². The molecule has 0 fully saturated rings. The molecule has 0 saturated heterocycles. The Morgan fingerprint density at radius 2 is 1.18 bits per heavy atom. The quantitative estimate of drug-likeness (QED) is 0.0942. The van der Waals surface area contributed by atoms with Gasteiger partial charge in [-0.05, 0) is 109 Å². The fourth-order valence-corrected chi connectivity index (χ4v) is 3.52. The van der Waals surface area contributed by atoms with Crippen LogP contribution in [0.25, 0.3) is 5.57 Å². The molecule has 9 N–H and O–H groups in total. The molecule has 34 heavy (non-hydrogen) atoms. The summed E-state index contributed by atoms with van der Waals surface area (Å²) >= 11 is 0. The predicted octanol–water partition coefficient (Wildman–Crippen LogP) is 1.45. The Morgan fingerprint density at radius 3 is 1.71 bits per heavy atom. The Bertz CT molecular complexity index is 654. The maximum Gasteiger partial charge on any atom is 0.224 e. The van der Waals surface area contributed by atoms with Crippen LogP contribution in [0.15, 0.2) is 30.8 Å². The van der Waals surface area contributed by atoms with E-state index in [1.165, 1.54) is 12.8 Å². The second-order valence-corrected chi connectivity index (χ2v) is 8.63. The summed E-state index contributed by atoms with van der Waals surface area (Å²) in [6, 6.07) is 7.50. The lowest BCUT2D eigenvalue weighted by Gasteiger charge is -2.10. The molecule has 0 saturated carbocycles. The summed E-state index contributed by atoms with van der Waals surface area (Å²) in [5.41, 5.74) is 13.7.